The van der Waals surface area contributed by atoms with Gasteiger partial charge in [-0.05, 0) is 42.5 Å². The van der Waals surface area contributed by atoms with Gasteiger partial charge in [0.2, 0.25) is 5.91 Å². The second-order valence-corrected chi connectivity index (χ2v) is 6.87. The van der Waals surface area contributed by atoms with Crippen LogP contribution in [0.1, 0.15) is 18.4 Å². The standard InChI is InChI=1S/C21H26N2O4/c1-26-18-7-6-16(14-19(18)27-2)13-17-8-11-23(15-17)21(25)9-12-22-10-4-3-5-20(22)24/h3-7,10,14,17H,8-9,11-13,15H2,1-2H3. The molecule has 6 nitrogen and oxygen atoms in total. The summed E-state index contributed by atoms with van der Waals surface area (Å²) < 4.78 is 12.2. The van der Waals surface area contributed by atoms with E-state index in [1.165, 1.54) is 11.6 Å². The Bertz CT molecular complexity index is 846. The molecule has 1 aromatic carbocycles. The number of aryl methyl sites for hydroxylation is 1. The maximum absolute atomic E-state index is 12.5. The minimum absolute atomic E-state index is 0.0712. The Labute approximate surface area is 159 Å². The van der Waals surface area contributed by atoms with Gasteiger partial charge in [0.05, 0.1) is 14.2 Å². The molecular formula is C21H26N2O4. The molecule has 0 saturated carbocycles. The van der Waals surface area contributed by atoms with Crippen LogP contribution in [0, 0.1) is 5.92 Å². The largest absolute Gasteiger partial charge is 0.493 e. The van der Waals surface area contributed by atoms with Gasteiger partial charge in [-0.1, -0.05) is 12.1 Å². The first kappa shape index (κ1) is 19.0. The smallest absolute Gasteiger partial charge is 0.250 e. The zero-order valence-electron chi connectivity index (χ0n) is 15.9. The predicted molar refractivity (Wildman–Crippen MR) is 103 cm³/mol. The molecule has 6 heteroatoms. The first-order chi connectivity index (χ1) is 13.1. The molecule has 2 heterocycles. The number of rotatable bonds is 7. The molecule has 0 spiro atoms. The summed E-state index contributed by atoms with van der Waals surface area (Å²) in [7, 11) is 3.26. The molecule has 27 heavy (non-hydrogen) atoms. The van der Waals surface area contributed by atoms with Crippen molar-refractivity contribution in [2.24, 2.45) is 5.92 Å². The molecule has 0 aliphatic carbocycles. The van der Waals surface area contributed by atoms with E-state index in [9.17, 15) is 9.59 Å². The summed E-state index contributed by atoms with van der Waals surface area (Å²) >= 11 is 0. The van der Waals surface area contributed by atoms with Gasteiger partial charge in [0.25, 0.3) is 5.56 Å². The van der Waals surface area contributed by atoms with Crippen LogP contribution in [0.5, 0.6) is 11.5 Å². The number of pyridine rings is 1. The summed E-state index contributed by atoms with van der Waals surface area (Å²) in [4.78, 5) is 26.1. The highest BCUT2D eigenvalue weighted by Gasteiger charge is 2.26. The highest BCUT2D eigenvalue weighted by Crippen LogP contribution is 2.30. The Hall–Kier alpha value is -2.76. The number of benzene rings is 1. The summed E-state index contributed by atoms with van der Waals surface area (Å²) in [5.41, 5.74) is 1.11. The van der Waals surface area contributed by atoms with Crippen molar-refractivity contribution in [1.82, 2.24) is 9.47 Å². The lowest BCUT2D eigenvalue weighted by Crippen LogP contribution is -2.30. The molecule has 144 valence electrons. The molecule has 0 radical (unpaired) electrons. The van der Waals surface area contributed by atoms with Crippen molar-refractivity contribution in [2.45, 2.75) is 25.8 Å². The van der Waals surface area contributed by atoms with Gasteiger partial charge >= 0.3 is 0 Å². The van der Waals surface area contributed by atoms with Crippen molar-refractivity contribution >= 4 is 5.91 Å². The number of ether oxygens (including phenoxy) is 2. The number of carbonyl (C=O) groups is 1. The Morgan fingerprint density at radius 1 is 1.15 bits per heavy atom. The lowest BCUT2D eigenvalue weighted by molar-refractivity contribution is -0.130. The molecule has 1 amide bonds. The predicted octanol–water partition coefficient (Wildman–Crippen LogP) is 2.35. The van der Waals surface area contributed by atoms with Crippen LogP contribution in [-0.2, 0) is 17.8 Å². The Morgan fingerprint density at radius 3 is 2.70 bits per heavy atom. The maximum Gasteiger partial charge on any atom is 0.250 e. The monoisotopic (exact) mass is 370 g/mol. The topological polar surface area (TPSA) is 60.8 Å². The van der Waals surface area contributed by atoms with Crippen LogP contribution < -0.4 is 15.0 Å². The number of hydrogen-bond donors (Lipinski definition) is 0. The van der Waals surface area contributed by atoms with Crippen LogP contribution in [0.3, 0.4) is 0 Å². The van der Waals surface area contributed by atoms with Crippen molar-refractivity contribution in [2.75, 3.05) is 27.3 Å². The summed E-state index contributed by atoms with van der Waals surface area (Å²) in [5.74, 6) is 2.00. The van der Waals surface area contributed by atoms with E-state index in [0.717, 1.165) is 37.4 Å². The van der Waals surface area contributed by atoms with E-state index in [0.29, 0.717) is 18.9 Å². The average molecular weight is 370 g/mol. The normalized spacial score (nSPS) is 16.4. The third-order valence-electron chi connectivity index (χ3n) is 5.08. The molecule has 1 aliphatic rings. The molecule has 1 fully saturated rings. The third-order valence-corrected chi connectivity index (χ3v) is 5.08. The summed E-state index contributed by atoms with van der Waals surface area (Å²) in [5, 5.41) is 0. The second-order valence-electron chi connectivity index (χ2n) is 6.87. The molecule has 2 aromatic rings. The number of nitrogens with zero attached hydrogens (tertiary/aromatic N) is 2. The molecule has 1 saturated heterocycles. The van der Waals surface area contributed by atoms with E-state index in [4.69, 9.17) is 9.47 Å². The number of hydrogen-bond acceptors (Lipinski definition) is 4. The lowest BCUT2D eigenvalue weighted by Gasteiger charge is -2.17. The molecule has 1 atom stereocenters. The van der Waals surface area contributed by atoms with Crippen LogP contribution in [0.4, 0.5) is 0 Å². The molecule has 0 bridgehead atoms. The van der Waals surface area contributed by atoms with Gasteiger partial charge in [0.1, 0.15) is 0 Å². The zero-order chi connectivity index (χ0) is 19.2. The van der Waals surface area contributed by atoms with Gasteiger partial charge in [-0.25, -0.2) is 0 Å². The van der Waals surface area contributed by atoms with Crippen LogP contribution in [-0.4, -0.2) is 42.7 Å². The minimum Gasteiger partial charge on any atom is -0.493 e. The molecule has 0 N–H and O–H groups in total. The van der Waals surface area contributed by atoms with Crippen LogP contribution in [0.25, 0.3) is 0 Å². The van der Waals surface area contributed by atoms with E-state index in [1.54, 1.807) is 37.1 Å². The number of carbonyl (C=O) groups excluding carboxylic acids is 1. The van der Waals surface area contributed by atoms with Gasteiger partial charge in [0, 0.05) is 38.3 Å². The van der Waals surface area contributed by atoms with Gasteiger partial charge in [-0.3, -0.25) is 9.59 Å². The molecule has 1 aromatic heterocycles. The van der Waals surface area contributed by atoms with E-state index in [-0.39, 0.29) is 11.5 Å². The molecule has 3 rings (SSSR count). The van der Waals surface area contributed by atoms with E-state index in [2.05, 4.69) is 0 Å². The number of aromatic nitrogens is 1. The van der Waals surface area contributed by atoms with Crippen molar-refractivity contribution in [3.63, 3.8) is 0 Å². The molecule has 1 aliphatic heterocycles. The maximum atomic E-state index is 12.5. The quantitative estimate of drug-likeness (QED) is 0.751. The van der Waals surface area contributed by atoms with Crippen molar-refractivity contribution < 1.29 is 14.3 Å². The van der Waals surface area contributed by atoms with Gasteiger partial charge in [-0.2, -0.15) is 0 Å². The summed E-state index contributed by atoms with van der Waals surface area (Å²) in [6.07, 6.45) is 3.97. The summed E-state index contributed by atoms with van der Waals surface area (Å²) in [6.45, 7) is 1.96. The van der Waals surface area contributed by atoms with Gasteiger partial charge < -0.3 is 18.9 Å². The SMILES string of the molecule is COc1ccc(CC2CCN(C(=O)CCn3ccccc3=O)C2)cc1OC. The van der Waals surface area contributed by atoms with Crippen molar-refractivity contribution in [1.29, 1.82) is 0 Å². The highest BCUT2D eigenvalue weighted by molar-refractivity contribution is 5.76. The Kier molecular flexibility index (Phi) is 6.16. The Morgan fingerprint density at radius 2 is 1.96 bits per heavy atom. The third kappa shape index (κ3) is 4.70. The minimum atomic E-state index is -0.0712. The summed E-state index contributed by atoms with van der Waals surface area (Å²) in [6, 6.07) is 11.0. The van der Waals surface area contributed by atoms with E-state index < -0.39 is 0 Å². The second kappa shape index (κ2) is 8.75. The van der Waals surface area contributed by atoms with Crippen molar-refractivity contribution in [3.8, 4) is 11.5 Å². The average Bonchev–Trinajstić information content (AvgIpc) is 3.15. The fourth-order valence-corrected chi connectivity index (χ4v) is 3.59. The van der Waals surface area contributed by atoms with E-state index >= 15 is 0 Å². The zero-order valence-corrected chi connectivity index (χ0v) is 15.9. The molecular weight excluding hydrogens is 344 g/mol. The fraction of sp³-hybridized carbons (Fsp3) is 0.429. The molecule has 1 unspecified atom stereocenters. The van der Waals surface area contributed by atoms with Crippen LogP contribution in [0.2, 0.25) is 0 Å². The number of amides is 1. The number of methoxy groups -OCH3 is 2. The highest BCUT2D eigenvalue weighted by atomic mass is 16.5. The van der Waals surface area contributed by atoms with E-state index in [1.807, 2.05) is 23.1 Å². The first-order valence-corrected chi connectivity index (χ1v) is 9.25. The van der Waals surface area contributed by atoms with Gasteiger partial charge in [-0.15, -0.1) is 0 Å². The fourth-order valence-electron chi connectivity index (χ4n) is 3.59. The first-order valence-electron chi connectivity index (χ1n) is 9.25. The van der Waals surface area contributed by atoms with Crippen LogP contribution in [0.15, 0.2) is 47.4 Å². The van der Waals surface area contributed by atoms with Gasteiger partial charge in [0.15, 0.2) is 11.5 Å². The Balaban J connectivity index is 1.53. The van der Waals surface area contributed by atoms with Crippen molar-refractivity contribution in [3.05, 3.63) is 58.5 Å². The lowest BCUT2D eigenvalue weighted by atomic mass is 9.98. The number of likely N-dealkylation sites (tertiary alicyclic amines) is 1. The van der Waals surface area contributed by atoms with Crippen LogP contribution >= 0.6 is 0 Å².